The highest BCUT2D eigenvalue weighted by Crippen LogP contribution is 2.22. The summed E-state index contributed by atoms with van der Waals surface area (Å²) in [5.41, 5.74) is 8.77. The standard InChI is InChI=1S/C11H13N5/c1-3-10-13-14-11-15(2)8-5-4-7(12)6-9(8)16(10)11/h4-6H,3,12H2,1-2H3. The highest BCUT2D eigenvalue weighted by atomic mass is 15.3. The highest BCUT2D eigenvalue weighted by Gasteiger charge is 2.13. The fourth-order valence-corrected chi connectivity index (χ4v) is 2.11. The lowest BCUT2D eigenvalue weighted by Gasteiger charge is -1.97. The van der Waals surface area contributed by atoms with Crippen molar-refractivity contribution in [2.45, 2.75) is 13.3 Å². The molecule has 5 nitrogen and oxygen atoms in total. The molecule has 1 aromatic carbocycles. The predicted octanol–water partition coefficient (Wildman–Crippen LogP) is 1.37. The van der Waals surface area contributed by atoms with E-state index in [2.05, 4.69) is 21.5 Å². The molecular weight excluding hydrogens is 202 g/mol. The molecule has 16 heavy (non-hydrogen) atoms. The monoisotopic (exact) mass is 215 g/mol. The van der Waals surface area contributed by atoms with Crippen LogP contribution in [0, 0.1) is 0 Å². The first-order chi connectivity index (χ1) is 7.72. The molecule has 0 fully saturated rings. The van der Waals surface area contributed by atoms with E-state index >= 15 is 0 Å². The molecule has 0 bridgehead atoms. The fourth-order valence-electron chi connectivity index (χ4n) is 2.11. The first-order valence-electron chi connectivity index (χ1n) is 5.30. The summed E-state index contributed by atoms with van der Waals surface area (Å²) in [4.78, 5) is 0. The number of aryl methyl sites for hydroxylation is 2. The van der Waals surface area contributed by atoms with Gasteiger partial charge in [0.1, 0.15) is 5.82 Å². The van der Waals surface area contributed by atoms with E-state index in [4.69, 9.17) is 5.73 Å². The molecule has 3 rings (SSSR count). The SMILES string of the molecule is CCc1nnc2n(C)c3ccc(N)cc3n12. The molecule has 0 amide bonds. The Bertz CT molecular complexity index is 676. The van der Waals surface area contributed by atoms with Crippen LogP contribution in [-0.2, 0) is 13.5 Å². The normalized spacial score (nSPS) is 11.6. The van der Waals surface area contributed by atoms with Crippen molar-refractivity contribution in [3.05, 3.63) is 24.0 Å². The smallest absolute Gasteiger partial charge is 0.236 e. The van der Waals surface area contributed by atoms with Crippen LogP contribution >= 0.6 is 0 Å². The zero-order valence-corrected chi connectivity index (χ0v) is 9.31. The molecule has 0 aliphatic heterocycles. The average Bonchev–Trinajstić information content (AvgIpc) is 2.80. The van der Waals surface area contributed by atoms with Crippen LogP contribution in [0.25, 0.3) is 16.8 Å². The van der Waals surface area contributed by atoms with Gasteiger partial charge in [-0.15, -0.1) is 10.2 Å². The number of fused-ring (bicyclic) bond motifs is 3. The maximum atomic E-state index is 5.82. The maximum Gasteiger partial charge on any atom is 0.236 e. The van der Waals surface area contributed by atoms with Crippen molar-refractivity contribution in [3.8, 4) is 0 Å². The third-order valence-electron chi connectivity index (χ3n) is 2.93. The van der Waals surface area contributed by atoms with Crippen LogP contribution in [0.4, 0.5) is 5.69 Å². The van der Waals surface area contributed by atoms with Gasteiger partial charge in [-0.05, 0) is 18.2 Å². The van der Waals surface area contributed by atoms with Crippen LogP contribution in [0.1, 0.15) is 12.7 Å². The van der Waals surface area contributed by atoms with Gasteiger partial charge in [0.25, 0.3) is 0 Å². The molecule has 2 aromatic heterocycles. The average molecular weight is 215 g/mol. The Hall–Kier alpha value is -2.04. The van der Waals surface area contributed by atoms with Gasteiger partial charge >= 0.3 is 0 Å². The molecule has 0 unspecified atom stereocenters. The topological polar surface area (TPSA) is 61.1 Å². The molecule has 0 aliphatic carbocycles. The second-order valence-corrected chi connectivity index (χ2v) is 3.91. The van der Waals surface area contributed by atoms with E-state index < -0.39 is 0 Å². The second-order valence-electron chi connectivity index (χ2n) is 3.91. The molecule has 0 saturated carbocycles. The lowest BCUT2D eigenvalue weighted by molar-refractivity contribution is 0.922. The Morgan fingerprint density at radius 2 is 2.06 bits per heavy atom. The largest absolute Gasteiger partial charge is 0.399 e. The number of nitrogens with two attached hydrogens (primary N) is 1. The van der Waals surface area contributed by atoms with Crippen LogP contribution < -0.4 is 5.73 Å². The van der Waals surface area contributed by atoms with Crippen LogP contribution in [0.15, 0.2) is 18.2 Å². The molecule has 0 aliphatic rings. The van der Waals surface area contributed by atoms with Gasteiger partial charge in [0, 0.05) is 19.2 Å². The zero-order valence-electron chi connectivity index (χ0n) is 9.31. The summed E-state index contributed by atoms with van der Waals surface area (Å²) in [6.07, 6.45) is 0.856. The third-order valence-corrected chi connectivity index (χ3v) is 2.93. The summed E-state index contributed by atoms with van der Waals surface area (Å²) in [6, 6.07) is 5.88. The molecular formula is C11H13N5. The second kappa shape index (κ2) is 2.98. The Labute approximate surface area is 92.5 Å². The van der Waals surface area contributed by atoms with Crippen molar-refractivity contribution >= 4 is 22.5 Å². The summed E-state index contributed by atoms with van der Waals surface area (Å²) >= 11 is 0. The van der Waals surface area contributed by atoms with Gasteiger partial charge in [0.2, 0.25) is 5.78 Å². The van der Waals surface area contributed by atoms with Gasteiger partial charge in [0.05, 0.1) is 11.0 Å². The van der Waals surface area contributed by atoms with Crippen LogP contribution in [0.5, 0.6) is 0 Å². The molecule has 0 atom stereocenters. The third kappa shape index (κ3) is 0.997. The van der Waals surface area contributed by atoms with Gasteiger partial charge in [-0.1, -0.05) is 6.92 Å². The van der Waals surface area contributed by atoms with E-state index in [0.29, 0.717) is 0 Å². The molecule has 0 spiro atoms. The Balaban J connectivity index is 2.57. The van der Waals surface area contributed by atoms with E-state index in [0.717, 1.165) is 34.7 Å². The predicted molar refractivity (Wildman–Crippen MR) is 63.3 cm³/mol. The molecule has 2 heterocycles. The number of nitrogen functional groups attached to an aromatic ring is 1. The van der Waals surface area contributed by atoms with Gasteiger partial charge in [-0.2, -0.15) is 0 Å². The first kappa shape index (κ1) is 9.21. The number of hydrogen-bond acceptors (Lipinski definition) is 3. The molecule has 0 saturated heterocycles. The number of hydrogen-bond donors (Lipinski definition) is 1. The molecule has 2 N–H and O–H groups in total. The molecule has 0 radical (unpaired) electrons. The van der Waals surface area contributed by atoms with E-state index in [9.17, 15) is 0 Å². The summed E-state index contributed by atoms with van der Waals surface area (Å²) in [5.74, 6) is 1.82. The zero-order chi connectivity index (χ0) is 11.3. The van der Waals surface area contributed by atoms with Crippen LogP contribution in [-0.4, -0.2) is 19.2 Å². The van der Waals surface area contributed by atoms with Crippen molar-refractivity contribution in [2.75, 3.05) is 5.73 Å². The number of rotatable bonds is 1. The number of nitrogens with zero attached hydrogens (tertiary/aromatic N) is 4. The lowest BCUT2D eigenvalue weighted by atomic mass is 10.3. The maximum absolute atomic E-state index is 5.82. The van der Waals surface area contributed by atoms with Gasteiger partial charge in [0.15, 0.2) is 0 Å². The number of aromatic nitrogens is 4. The van der Waals surface area contributed by atoms with E-state index in [1.165, 1.54) is 0 Å². The minimum atomic E-state index is 0.760. The number of imidazole rings is 1. The first-order valence-corrected chi connectivity index (χ1v) is 5.30. The van der Waals surface area contributed by atoms with Gasteiger partial charge < -0.3 is 10.3 Å². The van der Waals surface area contributed by atoms with E-state index in [-0.39, 0.29) is 0 Å². The number of anilines is 1. The Kier molecular flexibility index (Phi) is 1.71. The minimum absolute atomic E-state index is 0.760. The van der Waals surface area contributed by atoms with Gasteiger partial charge in [-0.3, -0.25) is 4.40 Å². The molecule has 5 heteroatoms. The Morgan fingerprint density at radius 1 is 1.25 bits per heavy atom. The number of benzene rings is 1. The van der Waals surface area contributed by atoms with Crippen molar-refractivity contribution in [2.24, 2.45) is 7.05 Å². The fraction of sp³-hybridized carbons (Fsp3) is 0.273. The molecule has 82 valence electrons. The Morgan fingerprint density at radius 3 is 2.81 bits per heavy atom. The van der Waals surface area contributed by atoms with Crippen molar-refractivity contribution in [1.82, 2.24) is 19.2 Å². The van der Waals surface area contributed by atoms with Crippen LogP contribution in [0.2, 0.25) is 0 Å². The summed E-state index contributed by atoms with van der Waals surface area (Å²) < 4.78 is 4.09. The summed E-state index contributed by atoms with van der Waals surface area (Å²) in [5, 5.41) is 8.36. The summed E-state index contributed by atoms with van der Waals surface area (Å²) in [6.45, 7) is 2.07. The van der Waals surface area contributed by atoms with Gasteiger partial charge in [-0.25, -0.2) is 0 Å². The van der Waals surface area contributed by atoms with Crippen molar-refractivity contribution in [1.29, 1.82) is 0 Å². The molecule has 3 aromatic rings. The van der Waals surface area contributed by atoms with Crippen molar-refractivity contribution < 1.29 is 0 Å². The van der Waals surface area contributed by atoms with Crippen LogP contribution in [0.3, 0.4) is 0 Å². The van der Waals surface area contributed by atoms with Crippen molar-refractivity contribution in [3.63, 3.8) is 0 Å². The highest BCUT2D eigenvalue weighted by molar-refractivity contribution is 5.83. The van der Waals surface area contributed by atoms with E-state index in [1.807, 2.05) is 29.8 Å². The summed E-state index contributed by atoms with van der Waals surface area (Å²) in [7, 11) is 1.99. The quantitative estimate of drug-likeness (QED) is 0.623. The lowest BCUT2D eigenvalue weighted by Crippen LogP contribution is -1.91. The minimum Gasteiger partial charge on any atom is -0.399 e. The van der Waals surface area contributed by atoms with E-state index in [1.54, 1.807) is 0 Å².